The molecule has 0 atom stereocenters. The maximum absolute atomic E-state index is 12.2. The number of aryl methyl sites for hydroxylation is 1. The Balaban J connectivity index is 1.31. The molecule has 1 aromatic heterocycles. The van der Waals surface area contributed by atoms with E-state index in [-0.39, 0.29) is 12.5 Å². The van der Waals surface area contributed by atoms with Crippen molar-refractivity contribution in [2.45, 2.75) is 26.4 Å². The molecular weight excluding hydrogens is 426 g/mol. The molecule has 1 aliphatic rings. The van der Waals surface area contributed by atoms with Crippen LogP contribution in [-0.2, 0) is 24.3 Å². The fraction of sp³-hybridized carbons (Fsp3) is 0.333. The zero-order chi connectivity index (χ0) is 22.5. The Hall–Kier alpha value is -3.10. The predicted octanol–water partition coefficient (Wildman–Crippen LogP) is 4.04. The number of benzene rings is 2. The molecule has 0 saturated carbocycles. The smallest absolute Gasteiger partial charge is 0.264 e. The minimum Gasteiger partial charge on any atom is -0.493 e. The van der Waals surface area contributed by atoms with Gasteiger partial charge < -0.3 is 14.2 Å². The number of amides is 1. The zero-order valence-corrected chi connectivity index (χ0v) is 19.3. The van der Waals surface area contributed by atoms with Crippen LogP contribution in [0.25, 0.3) is 0 Å². The molecule has 1 amide bonds. The van der Waals surface area contributed by atoms with Crippen molar-refractivity contribution in [3.8, 4) is 17.2 Å². The zero-order valence-electron chi connectivity index (χ0n) is 18.5. The van der Waals surface area contributed by atoms with Gasteiger partial charge >= 0.3 is 0 Å². The summed E-state index contributed by atoms with van der Waals surface area (Å²) in [5.41, 5.74) is 4.56. The van der Waals surface area contributed by atoms with Gasteiger partial charge in [0.15, 0.2) is 23.2 Å². The van der Waals surface area contributed by atoms with Crippen LogP contribution in [0.2, 0.25) is 0 Å². The molecule has 1 aliphatic heterocycles. The highest BCUT2D eigenvalue weighted by atomic mass is 32.1. The van der Waals surface area contributed by atoms with Crippen molar-refractivity contribution in [2.75, 3.05) is 32.7 Å². The summed E-state index contributed by atoms with van der Waals surface area (Å²) in [7, 11) is 3.31. The summed E-state index contributed by atoms with van der Waals surface area (Å²) >= 11 is 1.43. The number of thiazole rings is 1. The van der Waals surface area contributed by atoms with Crippen LogP contribution >= 0.6 is 11.3 Å². The molecule has 1 N–H and O–H groups in total. The standard InChI is InChI=1S/C24H27N3O4S/c1-16-5-4-6-20(9-16)31-14-23(28)26-24-25-19(15-32-24)13-27-8-7-17-10-21(29-2)22(30-3)11-18(17)12-27/h4-6,9-11,15H,7-8,12-14H2,1-3H3,(H,25,26,28). The second-order valence-corrected chi connectivity index (χ2v) is 8.59. The van der Waals surface area contributed by atoms with Crippen LogP contribution in [-0.4, -0.2) is 43.2 Å². The van der Waals surface area contributed by atoms with Crippen molar-refractivity contribution in [3.05, 3.63) is 64.2 Å². The number of nitrogens with zero attached hydrogens (tertiary/aromatic N) is 2. The van der Waals surface area contributed by atoms with Crippen molar-refractivity contribution in [3.63, 3.8) is 0 Å². The number of anilines is 1. The van der Waals surface area contributed by atoms with E-state index >= 15 is 0 Å². The number of fused-ring (bicyclic) bond motifs is 1. The maximum atomic E-state index is 12.2. The third-order valence-electron chi connectivity index (χ3n) is 5.34. The van der Waals surface area contributed by atoms with E-state index in [1.165, 1.54) is 22.5 Å². The van der Waals surface area contributed by atoms with E-state index in [0.717, 1.165) is 48.8 Å². The van der Waals surface area contributed by atoms with Crippen LogP contribution in [0.3, 0.4) is 0 Å². The molecule has 4 rings (SSSR count). The summed E-state index contributed by atoms with van der Waals surface area (Å²) in [6, 6.07) is 11.8. The Bertz CT molecular complexity index is 1100. The van der Waals surface area contributed by atoms with Gasteiger partial charge in [-0.05, 0) is 54.3 Å². The Kier molecular flexibility index (Phi) is 6.92. The van der Waals surface area contributed by atoms with Crippen LogP contribution in [0.1, 0.15) is 22.4 Å². The van der Waals surface area contributed by atoms with Crippen LogP contribution in [0.5, 0.6) is 17.2 Å². The summed E-state index contributed by atoms with van der Waals surface area (Å²) in [6.45, 7) is 4.41. The Morgan fingerprint density at radius 3 is 2.69 bits per heavy atom. The molecule has 2 aromatic carbocycles. The van der Waals surface area contributed by atoms with Gasteiger partial charge in [0.1, 0.15) is 5.75 Å². The number of hydrogen-bond acceptors (Lipinski definition) is 7. The van der Waals surface area contributed by atoms with E-state index < -0.39 is 0 Å². The third-order valence-corrected chi connectivity index (χ3v) is 6.15. The molecule has 0 radical (unpaired) electrons. The average Bonchev–Trinajstić information content (AvgIpc) is 3.23. The van der Waals surface area contributed by atoms with Crippen LogP contribution in [0, 0.1) is 6.92 Å². The molecule has 8 heteroatoms. The van der Waals surface area contributed by atoms with Gasteiger partial charge in [-0.3, -0.25) is 15.0 Å². The number of aromatic nitrogens is 1. The molecule has 0 saturated heterocycles. The first-order chi connectivity index (χ1) is 15.5. The summed E-state index contributed by atoms with van der Waals surface area (Å²) in [4.78, 5) is 19.1. The SMILES string of the molecule is COc1cc2c(cc1OC)CN(Cc1csc(NC(=O)COc3cccc(C)c3)n1)CC2. The first kappa shape index (κ1) is 22.1. The largest absolute Gasteiger partial charge is 0.493 e. The molecule has 0 fully saturated rings. The maximum Gasteiger partial charge on any atom is 0.264 e. The highest BCUT2D eigenvalue weighted by Gasteiger charge is 2.20. The fourth-order valence-electron chi connectivity index (χ4n) is 3.75. The van der Waals surface area contributed by atoms with Gasteiger partial charge in [0, 0.05) is 25.0 Å². The summed E-state index contributed by atoms with van der Waals surface area (Å²) in [5, 5.41) is 5.39. The molecule has 0 spiro atoms. The van der Waals surface area contributed by atoms with Gasteiger partial charge in [-0.25, -0.2) is 4.98 Å². The van der Waals surface area contributed by atoms with Gasteiger partial charge in [0.25, 0.3) is 5.91 Å². The number of ether oxygens (including phenoxy) is 3. The topological polar surface area (TPSA) is 72.9 Å². The molecule has 3 aromatic rings. The first-order valence-corrected chi connectivity index (χ1v) is 11.3. The number of methoxy groups -OCH3 is 2. The van der Waals surface area contributed by atoms with Gasteiger partial charge in [0.05, 0.1) is 19.9 Å². The van der Waals surface area contributed by atoms with Gasteiger partial charge in [-0.2, -0.15) is 0 Å². The molecule has 168 valence electrons. The van der Waals surface area contributed by atoms with Crippen molar-refractivity contribution in [2.24, 2.45) is 0 Å². The summed E-state index contributed by atoms with van der Waals surface area (Å²) in [5.74, 6) is 1.98. The highest BCUT2D eigenvalue weighted by molar-refractivity contribution is 7.13. The first-order valence-electron chi connectivity index (χ1n) is 10.4. The molecule has 0 bridgehead atoms. The quantitative estimate of drug-likeness (QED) is 0.555. The Labute approximate surface area is 191 Å². The van der Waals surface area contributed by atoms with E-state index in [1.807, 2.05) is 36.6 Å². The van der Waals surface area contributed by atoms with E-state index in [0.29, 0.717) is 10.9 Å². The van der Waals surface area contributed by atoms with Crippen molar-refractivity contribution in [1.29, 1.82) is 0 Å². The third kappa shape index (κ3) is 5.38. The lowest BCUT2D eigenvalue weighted by Gasteiger charge is -2.29. The number of nitrogens with one attached hydrogen (secondary N) is 1. The molecular formula is C24H27N3O4S. The molecule has 2 heterocycles. The Morgan fingerprint density at radius 1 is 1.16 bits per heavy atom. The lowest BCUT2D eigenvalue weighted by molar-refractivity contribution is -0.118. The van der Waals surface area contributed by atoms with Crippen LogP contribution in [0.15, 0.2) is 41.8 Å². The van der Waals surface area contributed by atoms with E-state index in [1.54, 1.807) is 14.2 Å². The number of hydrogen-bond donors (Lipinski definition) is 1. The lowest BCUT2D eigenvalue weighted by atomic mass is 9.98. The summed E-state index contributed by atoms with van der Waals surface area (Å²) in [6.07, 6.45) is 0.944. The van der Waals surface area contributed by atoms with E-state index in [9.17, 15) is 4.79 Å². The molecule has 0 unspecified atom stereocenters. The lowest BCUT2D eigenvalue weighted by Crippen LogP contribution is -2.30. The fourth-order valence-corrected chi connectivity index (χ4v) is 4.47. The van der Waals surface area contributed by atoms with Crippen LogP contribution in [0.4, 0.5) is 5.13 Å². The van der Waals surface area contributed by atoms with Gasteiger partial charge in [-0.1, -0.05) is 12.1 Å². The monoisotopic (exact) mass is 453 g/mol. The molecule has 32 heavy (non-hydrogen) atoms. The van der Waals surface area contributed by atoms with Crippen LogP contribution < -0.4 is 19.5 Å². The summed E-state index contributed by atoms with van der Waals surface area (Å²) < 4.78 is 16.4. The van der Waals surface area contributed by atoms with E-state index in [4.69, 9.17) is 14.2 Å². The number of carbonyl (C=O) groups is 1. The number of rotatable bonds is 8. The molecule has 0 aliphatic carbocycles. The normalized spacial score (nSPS) is 13.3. The van der Waals surface area contributed by atoms with Crippen molar-refractivity contribution in [1.82, 2.24) is 9.88 Å². The molecule has 7 nitrogen and oxygen atoms in total. The minimum atomic E-state index is -0.222. The second kappa shape index (κ2) is 10.0. The highest BCUT2D eigenvalue weighted by Crippen LogP contribution is 2.33. The second-order valence-electron chi connectivity index (χ2n) is 7.73. The van der Waals surface area contributed by atoms with Crippen molar-refractivity contribution < 1.29 is 19.0 Å². The average molecular weight is 454 g/mol. The van der Waals surface area contributed by atoms with Gasteiger partial charge in [0.2, 0.25) is 0 Å². The van der Waals surface area contributed by atoms with E-state index in [2.05, 4.69) is 27.3 Å². The Morgan fingerprint density at radius 2 is 1.94 bits per heavy atom. The number of carbonyl (C=O) groups excluding carboxylic acids is 1. The predicted molar refractivity (Wildman–Crippen MR) is 125 cm³/mol. The minimum absolute atomic E-state index is 0.0490. The van der Waals surface area contributed by atoms with Crippen molar-refractivity contribution >= 4 is 22.4 Å². The van der Waals surface area contributed by atoms with Gasteiger partial charge in [-0.15, -0.1) is 11.3 Å².